The summed E-state index contributed by atoms with van der Waals surface area (Å²) in [7, 11) is -0.945. The van der Waals surface area contributed by atoms with E-state index < -0.39 is 9.04 Å². The third-order valence-electron chi connectivity index (χ3n) is 2.57. The van der Waals surface area contributed by atoms with E-state index in [1.54, 1.807) is 0 Å². The lowest BCUT2D eigenvalue weighted by molar-refractivity contribution is 0.461. The Hall–Kier alpha value is -0.763. The van der Waals surface area contributed by atoms with E-state index in [0.717, 1.165) is 5.75 Å². The molecule has 1 aromatic rings. The smallest absolute Gasteiger partial charge is 0.292 e. The van der Waals surface area contributed by atoms with E-state index >= 15 is 0 Å². The van der Waals surface area contributed by atoms with Gasteiger partial charge in [-0.05, 0) is 34.7 Å². The van der Waals surface area contributed by atoms with Gasteiger partial charge in [0, 0.05) is 0 Å². The molecule has 17 heavy (non-hydrogen) atoms. The summed E-state index contributed by atoms with van der Waals surface area (Å²) in [5.41, 5.74) is 1.26. The summed E-state index contributed by atoms with van der Waals surface area (Å²) in [6.45, 7) is 15.8. The lowest BCUT2D eigenvalue weighted by atomic mass is 10.2. The molecule has 0 aliphatic carbocycles. The molecule has 0 saturated carbocycles. The third kappa shape index (κ3) is 4.19. The SMILES string of the molecule is Cc1cccc(O[Si](C(C)(C)C)C(C)(C)C)c1. The van der Waals surface area contributed by atoms with Crippen molar-refractivity contribution in [3.63, 3.8) is 0 Å². The van der Waals surface area contributed by atoms with E-state index in [2.05, 4.69) is 72.7 Å². The van der Waals surface area contributed by atoms with Gasteiger partial charge in [-0.3, -0.25) is 0 Å². The zero-order valence-corrected chi connectivity index (χ0v) is 13.2. The summed E-state index contributed by atoms with van der Waals surface area (Å²) < 4.78 is 6.33. The van der Waals surface area contributed by atoms with Crippen LogP contribution in [0.3, 0.4) is 0 Å². The van der Waals surface area contributed by atoms with Crippen molar-refractivity contribution in [2.24, 2.45) is 0 Å². The van der Waals surface area contributed by atoms with Crippen LogP contribution in [0.4, 0.5) is 0 Å². The molecule has 1 aromatic carbocycles. The van der Waals surface area contributed by atoms with Crippen LogP contribution in [0.25, 0.3) is 0 Å². The summed E-state index contributed by atoms with van der Waals surface area (Å²) in [5.74, 6) is 1.02. The maximum atomic E-state index is 6.33. The van der Waals surface area contributed by atoms with Crippen molar-refractivity contribution in [2.75, 3.05) is 0 Å². The van der Waals surface area contributed by atoms with Crippen molar-refractivity contribution < 1.29 is 4.43 Å². The topological polar surface area (TPSA) is 9.23 Å². The highest BCUT2D eigenvalue weighted by Gasteiger charge is 2.41. The maximum Gasteiger partial charge on any atom is 0.292 e. The van der Waals surface area contributed by atoms with Crippen molar-refractivity contribution in [2.45, 2.75) is 58.5 Å². The van der Waals surface area contributed by atoms with Crippen molar-refractivity contribution in [3.05, 3.63) is 29.8 Å². The van der Waals surface area contributed by atoms with Crippen LogP contribution in [0.5, 0.6) is 5.75 Å². The molecular weight excluding hydrogens is 224 g/mol. The average molecular weight is 249 g/mol. The standard InChI is InChI=1S/C15H25OSi/c1-12-9-8-10-13(11-12)16-17(14(2,3)4)15(5,6)7/h8-11H,1-7H3. The van der Waals surface area contributed by atoms with Gasteiger partial charge in [0.05, 0.1) is 0 Å². The minimum Gasteiger partial charge on any atom is -0.541 e. The summed E-state index contributed by atoms with van der Waals surface area (Å²) in [4.78, 5) is 0. The zero-order chi connectivity index (χ0) is 13.3. The van der Waals surface area contributed by atoms with Gasteiger partial charge in [-0.1, -0.05) is 53.7 Å². The summed E-state index contributed by atoms with van der Waals surface area (Å²) >= 11 is 0. The number of hydrogen-bond acceptors (Lipinski definition) is 1. The second kappa shape index (κ2) is 4.85. The van der Waals surface area contributed by atoms with Crippen LogP contribution in [-0.2, 0) is 0 Å². The number of benzene rings is 1. The molecular formula is C15H25OSi. The lowest BCUT2D eigenvalue weighted by Gasteiger charge is -2.37. The largest absolute Gasteiger partial charge is 0.541 e. The highest BCUT2D eigenvalue weighted by molar-refractivity contribution is 6.59. The van der Waals surface area contributed by atoms with Gasteiger partial charge in [0.2, 0.25) is 0 Å². The molecule has 0 spiro atoms. The first-order valence-electron chi connectivity index (χ1n) is 6.23. The average Bonchev–Trinajstić information content (AvgIpc) is 2.10. The molecule has 0 aliphatic heterocycles. The van der Waals surface area contributed by atoms with Gasteiger partial charge in [0.25, 0.3) is 9.04 Å². The van der Waals surface area contributed by atoms with Crippen molar-refractivity contribution in [3.8, 4) is 5.75 Å². The highest BCUT2D eigenvalue weighted by atomic mass is 28.3. The second-order valence-electron chi connectivity index (χ2n) is 6.75. The van der Waals surface area contributed by atoms with E-state index in [9.17, 15) is 0 Å². The van der Waals surface area contributed by atoms with Crippen LogP contribution in [-0.4, -0.2) is 9.04 Å². The Morgan fingerprint density at radius 3 is 1.88 bits per heavy atom. The number of hydrogen-bond donors (Lipinski definition) is 0. The van der Waals surface area contributed by atoms with Gasteiger partial charge in [-0.15, -0.1) is 0 Å². The molecule has 0 amide bonds. The van der Waals surface area contributed by atoms with Crippen LogP contribution >= 0.6 is 0 Å². The quantitative estimate of drug-likeness (QED) is 0.673. The van der Waals surface area contributed by atoms with Crippen LogP contribution in [0, 0.1) is 6.92 Å². The predicted molar refractivity (Wildman–Crippen MR) is 77.0 cm³/mol. The van der Waals surface area contributed by atoms with Gasteiger partial charge in [0.1, 0.15) is 5.75 Å². The molecule has 2 heteroatoms. The Kier molecular flexibility index (Phi) is 4.08. The monoisotopic (exact) mass is 249 g/mol. The van der Waals surface area contributed by atoms with E-state index in [1.807, 2.05) is 0 Å². The molecule has 0 aromatic heterocycles. The minimum atomic E-state index is -0.945. The molecule has 0 N–H and O–H groups in total. The molecule has 0 unspecified atom stereocenters. The van der Waals surface area contributed by atoms with Crippen LogP contribution in [0.15, 0.2) is 24.3 Å². The van der Waals surface area contributed by atoms with Gasteiger partial charge in [-0.2, -0.15) is 0 Å². The fourth-order valence-electron chi connectivity index (χ4n) is 2.23. The Labute approximate surface area is 108 Å². The molecule has 0 heterocycles. The number of rotatable bonds is 2. The fraction of sp³-hybridized carbons (Fsp3) is 0.600. The van der Waals surface area contributed by atoms with Crippen molar-refractivity contribution in [1.82, 2.24) is 0 Å². The van der Waals surface area contributed by atoms with Gasteiger partial charge in [-0.25, -0.2) is 0 Å². The molecule has 95 valence electrons. The van der Waals surface area contributed by atoms with Crippen LogP contribution in [0.2, 0.25) is 10.1 Å². The zero-order valence-electron chi connectivity index (χ0n) is 12.2. The first-order valence-corrected chi connectivity index (χ1v) is 7.64. The van der Waals surface area contributed by atoms with E-state index in [0.29, 0.717) is 0 Å². The van der Waals surface area contributed by atoms with E-state index in [1.165, 1.54) is 5.56 Å². The Balaban J connectivity index is 2.96. The lowest BCUT2D eigenvalue weighted by Crippen LogP contribution is -2.40. The van der Waals surface area contributed by atoms with Crippen molar-refractivity contribution >= 4 is 9.04 Å². The second-order valence-corrected chi connectivity index (χ2v) is 10.6. The predicted octanol–water partition coefficient (Wildman–Crippen LogP) is 4.97. The minimum absolute atomic E-state index is 0.229. The Morgan fingerprint density at radius 1 is 0.941 bits per heavy atom. The molecule has 1 nitrogen and oxygen atoms in total. The molecule has 1 rings (SSSR count). The van der Waals surface area contributed by atoms with E-state index in [4.69, 9.17) is 4.43 Å². The first-order chi connectivity index (χ1) is 7.60. The van der Waals surface area contributed by atoms with Crippen molar-refractivity contribution in [1.29, 1.82) is 0 Å². The summed E-state index contributed by atoms with van der Waals surface area (Å²) in [6, 6.07) is 8.36. The van der Waals surface area contributed by atoms with Gasteiger partial charge < -0.3 is 4.43 Å². The number of aryl methyl sites for hydroxylation is 1. The molecule has 0 aliphatic rings. The molecule has 1 radical (unpaired) electrons. The fourth-order valence-corrected chi connectivity index (χ4v) is 5.45. The highest BCUT2D eigenvalue weighted by Crippen LogP contribution is 2.42. The third-order valence-corrected chi connectivity index (χ3v) is 5.74. The molecule has 0 bridgehead atoms. The molecule has 0 atom stereocenters. The van der Waals surface area contributed by atoms with Gasteiger partial charge in [0.15, 0.2) is 0 Å². The van der Waals surface area contributed by atoms with Gasteiger partial charge >= 0.3 is 0 Å². The summed E-state index contributed by atoms with van der Waals surface area (Å²) in [5, 5.41) is 0.458. The van der Waals surface area contributed by atoms with Crippen LogP contribution < -0.4 is 4.43 Å². The van der Waals surface area contributed by atoms with E-state index in [-0.39, 0.29) is 10.1 Å². The molecule has 0 fully saturated rings. The summed E-state index contributed by atoms with van der Waals surface area (Å²) in [6.07, 6.45) is 0. The molecule has 0 saturated heterocycles. The normalized spacial score (nSPS) is 12.9. The van der Waals surface area contributed by atoms with Crippen LogP contribution in [0.1, 0.15) is 47.1 Å². The maximum absolute atomic E-state index is 6.33. The Bertz CT molecular complexity index is 357. The Morgan fingerprint density at radius 2 is 1.47 bits per heavy atom. The first kappa shape index (κ1) is 14.3.